The van der Waals surface area contributed by atoms with Gasteiger partial charge in [0.15, 0.2) is 0 Å². The van der Waals surface area contributed by atoms with Crippen molar-refractivity contribution in [1.82, 2.24) is 24.6 Å². The fourth-order valence-electron chi connectivity index (χ4n) is 3.66. The van der Waals surface area contributed by atoms with Crippen molar-refractivity contribution in [3.63, 3.8) is 0 Å². The summed E-state index contributed by atoms with van der Waals surface area (Å²) in [5.74, 6) is 0.113. The van der Waals surface area contributed by atoms with Crippen LogP contribution in [-0.2, 0) is 13.1 Å². The highest BCUT2D eigenvalue weighted by Crippen LogP contribution is 2.16. The molecule has 1 aliphatic rings. The topological polar surface area (TPSA) is 54.3 Å². The van der Waals surface area contributed by atoms with Gasteiger partial charge in [0.1, 0.15) is 0 Å². The lowest BCUT2D eigenvalue weighted by molar-refractivity contribution is 0.0760. The Morgan fingerprint density at radius 2 is 1.79 bits per heavy atom. The Hall–Kier alpha value is -2.99. The largest absolute Gasteiger partial charge is 0.337 e. The molecule has 1 aliphatic heterocycles. The van der Waals surface area contributed by atoms with Crippen molar-refractivity contribution in [1.29, 1.82) is 0 Å². The van der Waals surface area contributed by atoms with Crippen LogP contribution < -0.4 is 0 Å². The maximum absolute atomic E-state index is 13.2. The van der Waals surface area contributed by atoms with E-state index in [1.54, 1.807) is 6.20 Å². The maximum atomic E-state index is 13.2. The van der Waals surface area contributed by atoms with Crippen LogP contribution >= 0.6 is 0 Å². The molecule has 28 heavy (non-hydrogen) atoms. The number of amides is 1. The molecule has 2 aromatic heterocycles. The molecule has 0 spiro atoms. The van der Waals surface area contributed by atoms with Gasteiger partial charge < -0.3 is 4.90 Å². The normalized spacial score (nSPS) is 15.4. The lowest BCUT2D eigenvalue weighted by Gasteiger charge is -2.23. The fourth-order valence-corrected chi connectivity index (χ4v) is 3.66. The van der Waals surface area contributed by atoms with Crippen molar-refractivity contribution in [2.24, 2.45) is 0 Å². The molecule has 6 heteroatoms. The molecule has 144 valence electrons. The van der Waals surface area contributed by atoms with Crippen molar-refractivity contribution in [3.05, 3.63) is 83.9 Å². The third kappa shape index (κ3) is 4.46. The zero-order valence-electron chi connectivity index (χ0n) is 15.9. The quantitative estimate of drug-likeness (QED) is 0.688. The van der Waals surface area contributed by atoms with E-state index in [9.17, 15) is 4.79 Å². The minimum Gasteiger partial charge on any atom is -0.337 e. The van der Waals surface area contributed by atoms with Gasteiger partial charge in [-0.3, -0.25) is 19.4 Å². The molecule has 0 bridgehead atoms. The molecule has 6 nitrogen and oxygen atoms in total. The van der Waals surface area contributed by atoms with E-state index in [1.165, 1.54) is 0 Å². The van der Waals surface area contributed by atoms with Crippen molar-refractivity contribution >= 4 is 5.91 Å². The SMILES string of the molecule is O=C(c1ccccc1Cn1cccn1)N1CCCN(Cc2ccccn2)CC1. The first kappa shape index (κ1) is 18.4. The zero-order valence-corrected chi connectivity index (χ0v) is 15.9. The summed E-state index contributed by atoms with van der Waals surface area (Å²) in [5, 5.41) is 4.27. The molecule has 1 fully saturated rings. The summed E-state index contributed by atoms with van der Waals surface area (Å²) in [7, 11) is 0. The standard InChI is InChI=1S/C22H25N5O/c28-22(21-9-2-1-7-19(21)17-27-14-5-11-24-27)26-13-6-12-25(15-16-26)18-20-8-3-4-10-23-20/h1-5,7-11,14H,6,12-13,15-18H2. The summed E-state index contributed by atoms with van der Waals surface area (Å²) in [6.07, 6.45) is 6.48. The monoisotopic (exact) mass is 375 g/mol. The molecule has 1 amide bonds. The first-order valence-corrected chi connectivity index (χ1v) is 9.76. The highest BCUT2D eigenvalue weighted by Gasteiger charge is 2.22. The Morgan fingerprint density at radius 3 is 2.61 bits per heavy atom. The summed E-state index contributed by atoms with van der Waals surface area (Å²) in [6, 6.07) is 15.8. The van der Waals surface area contributed by atoms with Crippen LogP contribution in [0.4, 0.5) is 0 Å². The van der Waals surface area contributed by atoms with Gasteiger partial charge in [0.05, 0.1) is 12.2 Å². The summed E-state index contributed by atoms with van der Waals surface area (Å²) in [6.45, 7) is 4.81. The average molecular weight is 375 g/mol. The third-order valence-corrected chi connectivity index (χ3v) is 5.13. The van der Waals surface area contributed by atoms with Crippen LogP contribution in [0.25, 0.3) is 0 Å². The van der Waals surface area contributed by atoms with Gasteiger partial charge in [0.2, 0.25) is 0 Å². The van der Waals surface area contributed by atoms with Gasteiger partial charge in [-0.25, -0.2) is 0 Å². The molecule has 3 aromatic rings. The van der Waals surface area contributed by atoms with Gasteiger partial charge in [-0.1, -0.05) is 24.3 Å². The number of rotatable bonds is 5. The van der Waals surface area contributed by atoms with Gasteiger partial charge >= 0.3 is 0 Å². The molecule has 0 N–H and O–H groups in total. The third-order valence-electron chi connectivity index (χ3n) is 5.13. The lowest BCUT2D eigenvalue weighted by Crippen LogP contribution is -2.35. The van der Waals surface area contributed by atoms with Crippen molar-refractivity contribution < 1.29 is 4.79 Å². The van der Waals surface area contributed by atoms with Crippen molar-refractivity contribution in [3.8, 4) is 0 Å². The van der Waals surface area contributed by atoms with E-state index in [-0.39, 0.29) is 5.91 Å². The molecule has 4 rings (SSSR count). The summed E-state index contributed by atoms with van der Waals surface area (Å²) >= 11 is 0. The van der Waals surface area contributed by atoms with E-state index in [1.807, 2.05) is 64.4 Å². The minimum atomic E-state index is 0.113. The lowest BCUT2D eigenvalue weighted by atomic mass is 10.1. The zero-order chi connectivity index (χ0) is 19.2. The summed E-state index contributed by atoms with van der Waals surface area (Å²) in [5.41, 5.74) is 2.86. The van der Waals surface area contributed by atoms with Crippen LogP contribution in [0.1, 0.15) is 28.0 Å². The Balaban J connectivity index is 1.43. The second kappa shape index (κ2) is 8.80. The Labute approximate surface area is 165 Å². The summed E-state index contributed by atoms with van der Waals surface area (Å²) in [4.78, 5) is 22.0. The first-order valence-electron chi connectivity index (χ1n) is 9.76. The maximum Gasteiger partial charge on any atom is 0.254 e. The van der Waals surface area contributed by atoms with Gasteiger partial charge in [-0.15, -0.1) is 0 Å². The second-order valence-electron chi connectivity index (χ2n) is 7.10. The fraction of sp³-hybridized carbons (Fsp3) is 0.318. The minimum absolute atomic E-state index is 0.113. The highest BCUT2D eigenvalue weighted by molar-refractivity contribution is 5.95. The van der Waals surface area contributed by atoms with Crippen LogP contribution in [-0.4, -0.2) is 56.7 Å². The van der Waals surface area contributed by atoms with Crippen LogP contribution in [0.15, 0.2) is 67.1 Å². The number of hydrogen-bond acceptors (Lipinski definition) is 4. The van der Waals surface area contributed by atoms with Gasteiger partial charge in [0.25, 0.3) is 5.91 Å². The molecule has 0 radical (unpaired) electrons. The molecule has 0 saturated carbocycles. The predicted molar refractivity (Wildman–Crippen MR) is 108 cm³/mol. The van der Waals surface area contributed by atoms with Crippen LogP contribution in [0.2, 0.25) is 0 Å². The number of aromatic nitrogens is 3. The smallest absolute Gasteiger partial charge is 0.254 e. The van der Waals surface area contributed by atoms with E-state index in [4.69, 9.17) is 0 Å². The molecular weight excluding hydrogens is 350 g/mol. The molecule has 1 aromatic carbocycles. The Bertz CT molecular complexity index is 894. The van der Waals surface area contributed by atoms with Crippen LogP contribution in [0.3, 0.4) is 0 Å². The number of carbonyl (C=O) groups excluding carboxylic acids is 1. The van der Waals surface area contributed by atoms with Gasteiger partial charge in [0, 0.05) is 56.9 Å². The van der Waals surface area contributed by atoms with Crippen LogP contribution in [0.5, 0.6) is 0 Å². The molecule has 3 heterocycles. The van der Waals surface area contributed by atoms with E-state index in [0.717, 1.165) is 56.0 Å². The number of hydrogen-bond donors (Lipinski definition) is 0. The van der Waals surface area contributed by atoms with Crippen molar-refractivity contribution in [2.75, 3.05) is 26.2 Å². The van der Waals surface area contributed by atoms with Crippen LogP contribution in [0, 0.1) is 0 Å². The van der Waals surface area contributed by atoms with Gasteiger partial charge in [-0.2, -0.15) is 5.10 Å². The number of pyridine rings is 1. The molecule has 1 saturated heterocycles. The van der Waals surface area contributed by atoms with E-state index >= 15 is 0 Å². The van der Waals surface area contributed by atoms with E-state index in [0.29, 0.717) is 6.54 Å². The van der Waals surface area contributed by atoms with Gasteiger partial charge in [-0.05, 0) is 36.2 Å². The molecule has 0 atom stereocenters. The number of carbonyl (C=O) groups is 1. The number of nitrogens with zero attached hydrogens (tertiary/aromatic N) is 5. The molecule has 0 unspecified atom stereocenters. The summed E-state index contributed by atoms with van der Waals surface area (Å²) < 4.78 is 1.85. The van der Waals surface area contributed by atoms with E-state index < -0.39 is 0 Å². The first-order chi connectivity index (χ1) is 13.8. The average Bonchev–Trinajstić information content (AvgIpc) is 3.13. The molecular formula is C22H25N5O. The van der Waals surface area contributed by atoms with Crippen molar-refractivity contribution in [2.45, 2.75) is 19.5 Å². The number of benzene rings is 1. The Kier molecular flexibility index (Phi) is 5.77. The highest BCUT2D eigenvalue weighted by atomic mass is 16.2. The van der Waals surface area contributed by atoms with E-state index in [2.05, 4.69) is 21.0 Å². The Morgan fingerprint density at radius 1 is 0.893 bits per heavy atom. The predicted octanol–water partition coefficient (Wildman–Crippen LogP) is 2.67. The second-order valence-corrected chi connectivity index (χ2v) is 7.10. The molecule has 0 aliphatic carbocycles.